The summed E-state index contributed by atoms with van der Waals surface area (Å²) in [4.78, 5) is 43.0. The Labute approximate surface area is 150 Å². The van der Waals surface area contributed by atoms with Crippen LogP contribution < -0.4 is 21.8 Å². The van der Waals surface area contributed by atoms with E-state index in [0.717, 1.165) is 4.57 Å². The van der Waals surface area contributed by atoms with Gasteiger partial charge >= 0.3 is 5.69 Å². The molecule has 0 fully saturated rings. The molecule has 26 heavy (non-hydrogen) atoms. The van der Waals surface area contributed by atoms with Crippen LogP contribution in [0.5, 0.6) is 5.88 Å². The van der Waals surface area contributed by atoms with Crippen molar-refractivity contribution in [1.82, 2.24) is 9.55 Å². The molecular formula is C18H10ClN3O4. The zero-order valence-corrected chi connectivity index (χ0v) is 13.8. The maximum Gasteiger partial charge on any atom is 0.335 e. The van der Waals surface area contributed by atoms with E-state index in [0.29, 0.717) is 15.6 Å². The molecular weight excluding hydrogens is 358 g/mol. The summed E-state index contributed by atoms with van der Waals surface area (Å²) in [5.74, 6) is -1.30. The fraction of sp³-hybridized carbons (Fsp3) is 0. The number of carbonyl (C=O) groups excluding carboxylic acids is 1. The van der Waals surface area contributed by atoms with Crippen LogP contribution in [0.4, 0.5) is 0 Å². The van der Waals surface area contributed by atoms with Crippen molar-refractivity contribution in [2.24, 2.45) is 4.99 Å². The lowest BCUT2D eigenvalue weighted by Crippen LogP contribution is -2.33. The van der Waals surface area contributed by atoms with E-state index in [1.807, 2.05) is 0 Å². The topological polar surface area (TPSA) is 105 Å². The Balaban J connectivity index is 2.10. The number of hydrogen-bond acceptors (Lipinski definition) is 4. The Kier molecular flexibility index (Phi) is 3.59. The van der Waals surface area contributed by atoms with Crippen LogP contribution in [0.15, 0.2) is 63.1 Å². The van der Waals surface area contributed by atoms with Gasteiger partial charge in [0.25, 0.3) is 11.5 Å². The summed E-state index contributed by atoms with van der Waals surface area (Å²) in [5, 5.41) is 11.9. The highest BCUT2D eigenvalue weighted by Crippen LogP contribution is 2.23. The first-order chi connectivity index (χ1) is 12.5. The Bertz CT molecular complexity index is 1300. The molecule has 0 unspecified atom stereocenters. The summed E-state index contributed by atoms with van der Waals surface area (Å²) in [6.45, 7) is 0. The first-order valence-electron chi connectivity index (χ1n) is 7.54. The second-order valence-electron chi connectivity index (χ2n) is 5.58. The highest BCUT2D eigenvalue weighted by atomic mass is 35.5. The fourth-order valence-electron chi connectivity index (χ4n) is 2.88. The third kappa shape index (κ3) is 2.37. The Morgan fingerprint density at radius 3 is 2.42 bits per heavy atom. The van der Waals surface area contributed by atoms with Gasteiger partial charge in [-0.05, 0) is 30.3 Å². The molecule has 128 valence electrons. The maximum absolute atomic E-state index is 12.4. The van der Waals surface area contributed by atoms with Crippen LogP contribution in [0.25, 0.3) is 11.3 Å². The van der Waals surface area contributed by atoms with Gasteiger partial charge in [0.05, 0.1) is 16.6 Å². The van der Waals surface area contributed by atoms with Gasteiger partial charge in [-0.2, -0.15) is 0 Å². The van der Waals surface area contributed by atoms with Crippen LogP contribution in [0, 0.1) is 0 Å². The van der Waals surface area contributed by atoms with Gasteiger partial charge in [-0.3, -0.25) is 14.6 Å². The lowest BCUT2D eigenvalue weighted by atomic mass is 10.1. The molecule has 0 saturated heterocycles. The summed E-state index contributed by atoms with van der Waals surface area (Å²) in [6.07, 6.45) is 0. The molecule has 0 radical (unpaired) electrons. The molecule has 2 heterocycles. The van der Waals surface area contributed by atoms with E-state index >= 15 is 0 Å². The number of para-hydroxylation sites is 1. The van der Waals surface area contributed by atoms with Crippen LogP contribution in [-0.4, -0.2) is 20.6 Å². The second kappa shape index (κ2) is 5.82. The third-order valence-corrected chi connectivity index (χ3v) is 4.28. The van der Waals surface area contributed by atoms with Crippen molar-refractivity contribution in [1.29, 1.82) is 0 Å². The molecule has 1 amide bonds. The van der Waals surface area contributed by atoms with Crippen molar-refractivity contribution >= 4 is 23.1 Å². The van der Waals surface area contributed by atoms with E-state index in [-0.39, 0.29) is 16.8 Å². The van der Waals surface area contributed by atoms with Gasteiger partial charge in [-0.15, -0.1) is 0 Å². The van der Waals surface area contributed by atoms with Crippen molar-refractivity contribution in [2.45, 2.75) is 0 Å². The van der Waals surface area contributed by atoms with E-state index < -0.39 is 23.0 Å². The minimum absolute atomic E-state index is 0.0536. The molecule has 4 rings (SSSR count). The summed E-state index contributed by atoms with van der Waals surface area (Å²) in [6, 6.07) is 12.7. The zero-order valence-electron chi connectivity index (χ0n) is 13.1. The minimum Gasteiger partial charge on any atom is -0.494 e. The molecule has 0 atom stereocenters. The molecule has 0 spiro atoms. The Morgan fingerprint density at radius 1 is 1.00 bits per heavy atom. The van der Waals surface area contributed by atoms with Crippen LogP contribution in [-0.2, 0) is 4.79 Å². The van der Waals surface area contributed by atoms with Gasteiger partial charge in [0, 0.05) is 10.2 Å². The number of nitrogens with zero attached hydrogens (tertiary/aromatic N) is 2. The first-order valence-corrected chi connectivity index (χ1v) is 7.92. The molecule has 3 aromatic rings. The number of aromatic hydroxyl groups is 1. The quantitative estimate of drug-likeness (QED) is 0.677. The molecule has 1 aromatic heterocycles. The van der Waals surface area contributed by atoms with E-state index in [9.17, 15) is 19.5 Å². The van der Waals surface area contributed by atoms with Crippen LogP contribution >= 0.6 is 11.6 Å². The van der Waals surface area contributed by atoms with Gasteiger partial charge in [-0.25, -0.2) is 14.4 Å². The van der Waals surface area contributed by atoms with Gasteiger partial charge < -0.3 is 5.11 Å². The maximum atomic E-state index is 12.4. The predicted molar refractivity (Wildman–Crippen MR) is 94.1 cm³/mol. The average Bonchev–Trinajstić information content (AvgIpc) is 2.92. The molecule has 0 aliphatic carbocycles. The van der Waals surface area contributed by atoms with Gasteiger partial charge in [0.15, 0.2) is 0 Å². The standard InChI is InChI=1S/C18H10ClN3O4/c19-9-5-7-10(8-6-9)22-17(25)14(16(24)21-18(22)26)13-11-3-1-2-4-12(11)20-15(13)23/h1-8,25H,(H,21,24,26). The number of H-pyrrole nitrogens is 1. The highest BCUT2D eigenvalue weighted by molar-refractivity contribution is 6.30. The molecule has 1 aliphatic heterocycles. The SMILES string of the molecule is O=C1N=c2ccccc2=C1c1c(O)n(-c2ccc(Cl)cc2)c(=O)[nH]c1=O. The van der Waals surface area contributed by atoms with Crippen LogP contribution in [0.2, 0.25) is 5.02 Å². The fourth-order valence-corrected chi connectivity index (χ4v) is 3.01. The van der Waals surface area contributed by atoms with E-state index in [2.05, 4.69) is 9.98 Å². The molecule has 7 nitrogen and oxygen atoms in total. The number of halogens is 1. The largest absolute Gasteiger partial charge is 0.494 e. The Morgan fingerprint density at radius 2 is 1.69 bits per heavy atom. The number of aromatic amines is 1. The number of nitrogens with one attached hydrogen (secondary N) is 1. The van der Waals surface area contributed by atoms with Crippen molar-refractivity contribution in [3.05, 3.63) is 90.5 Å². The first kappa shape index (κ1) is 16.0. The van der Waals surface area contributed by atoms with Crippen LogP contribution in [0.1, 0.15) is 5.56 Å². The molecule has 8 heteroatoms. The number of fused-ring (bicyclic) bond motifs is 1. The van der Waals surface area contributed by atoms with Crippen molar-refractivity contribution in [3.8, 4) is 11.6 Å². The summed E-state index contributed by atoms with van der Waals surface area (Å²) < 4.78 is 0.897. The number of rotatable bonds is 2. The zero-order chi connectivity index (χ0) is 18.4. The second-order valence-corrected chi connectivity index (χ2v) is 6.02. The normalized spacial score (nSPS) is 12.8. The van der Waals surface area contributed by atoms with Crippen molar-refractivity contribution < 1.29 is 9.90 Å². The number of benzene rings is 2. The molecule has 1 aliphatic rings. The number of aromatic nitrogens is 2. The smallest absolute Gasteiger partial charge is 0.335 e. The minimum atomic E-state index is -0.868. The predicted octanol–water partition coefficient (Wildman–Crippen LogP) is 0.244. The lowest BCUT2D eigenvalue weighted by Gasteiger charge is -2.11. The number of carbonyl (C=O) groups is 1. The highest BCUT2D eigenvalue weighted by Gasteiger charge is 2.26. The lowest BCUT2D eigenvalue weighted by molar-refractivity contribution is -0.112. The van der Waals surface area contributed by atoms with E-state index in [4.69, 9.17) is 11.6 Å². The van der Waals surface area contributed by atoms with E-state index in [1.165, 1.54) is 24.3 Å². The Hall–Kier alpha value is -3.45. The molecule has 2 N–H and O–H groups in total. The summed E-state index contributed by atoms with van der Waals surface area (Å²) >= 11 is 5.85. The van der Waals surface area contributed by atoms with Crippen molar-refractivity contribution in [2.75, 3.05) is 0 Å². The number of hydrogen-bond donors (Lipinski definition) is 2. The summed E-state index contributed by atoms with van der Waals surface area (Å²) in [5.41, 5.74) is -1.78. The van der Waals surface area contributed by atoms with Gasteiger partial charge in [0.2, 0.25) is 5.88 Å². The molecule has 2 aromatic carbocycles. The van der Waals surface area contributed by atoms with Gasteiger partial charge in [-0.1, -0.05) is 29.8 Å². The van der Waals surface area contributed by atoms with Crippen LogP contribution in [0.3, 0.4) is 0 Å². The monoisotopic (exact) mass is 367 g/mol. The molecule has 0 saturated carbocycles. The van der Waals surface area contributed by atoms with Gasteiger partial charge in [0.1, 0.15) is 5.56 Å². The number of amides is 1. The average molecular weight is 368 g/mol. The third-order valence-electron chi connectivity index (χ3n) is 4.03. The van der Waals surface area contributed by atoms with Crippen molar-refractivity contribution in [3.63, 3.8) is 0 Å². The summed E-state index contributed by atoms with van der Waals surface area (Å²) in [7, 11) is 0. The van der Waals surface area contributed by atoms with E-state index in [1.54, 1.807) is 24.3 Å². The molecule has 0 bridgehead atoms.